The highest BCUT2D eigenvalue weighted by Gasteiger charge is 2.35. The van der Waals surface area contributed by atoms with Gasteiger partial charge in [-0.15, -0.1) is 0 Å². The number of carbonyl (C=O) groups is 1. The van der Waals surface area contributed by atoms with Gasteiger partial charge in [0.2, 0.25) is 5.91 Å². The fourth-order valence-corrected chi connectivity index (χ4v) is 5.60. The van der Waals surface area contributed by atoms with Crippen molar-refractivity contribution in [2.24, 2.45) is 0 Å². The minimum Gasteiger partial charge on any atom is -0.351 e. The van der Waals surface area contributed by atoms with Crippen LogP contribution in [-0.2, 0) is 21.4 Å². The van der Waals surface area contributed by atoms with Crippen molar-refractivity contribution in [2.75, 3.05) is 16.6 Å². The van der Waals surface area contributed by atoms with Gasteiger partial charge in [0.05, 0.1) is 23.3 Å². The second-order valence-electron chi connectivity index (χ2n) is 7.10. The minimum atomic E-state index is -3.72. The Hall–Kier alpha value is -2.91. The summed E-state index contributed by atoms with van der Waals surface area (Å²) in [6, 6.07) is 15.2. The number of rotatable bonds is 6. The molecule has 2 heterocycles. The minimum absolute atomic E-state index is 0.0845. The average molecular weight is 455 g/mol. The molecular formula is C22H22N4O3S2. The van der Waals surface area contributed by atoms with Gasteiger partial charge in [-0.2, -0.15) is 0 Å². The van der Waals surface area contributed by atoms with Gasteiger partial charge in [-0.1, -0.05) is 59.8 Å². The number of aromatic nitrogens is 2. The molecule has 1 aliphatic rings. The zero-order chi connectivity index (χ0) is 22.0. The predicted octanol–water partition coefficient (Wildman–Crippen LogP) is 3.39. The van der Waals surface area contributed by atoms with Crippen LogP contribution in [0.25, 0.3) is 11.3 Å². The van der Waals surface area contributed by atoms with Gasteiger partial charge in [-0.25, -0.2) is 18.4 Å². The molecule has 0 atom stereocenters. The number of nitrogens with one attached hydrogen (secondary N) is 1. The highest BCUT2D eigenvalue weighted by Crippen LogP contribution is 2.41. The highest BCUT2D eigenvalue weighted by molar-refractivity contribution is 7.99. The van der Waals surface area contributed by atoms with Crippen LogP contribution in [-0.4, -0.2) is 36.6 Å². The molecule has 160 valence electrons. The van der Waals surface area contributed by atoms with Crippen LogP contribution < -0.4 is 9.62 Å². The van der Waals surface area contributed by atoms with Crippen molar-refractivity contribution in [2.45, 2.75) is 30.4 Å². The maximum Gasteiger partial charge on any atom is 0.268 e. The van der Waals surface area contributed by atoms with Gasteiger partial charge >= 0.3 is 0 Å². The van der Waals surface area contributed by atoms with E-state index in [9.17, 15) is 13.2 Å². The van der Waals surface area contributed by atoms with E-state index in [2.05, 4.69) is 15.3 Å². The van der Waals surface area contributed by atoms with Crippen LogP contribution in [0.3, 0.4) is 0 Å². The number of hydrogen-bond acceptors (Lipinski definition) is 6. The van der Waals surface area contributed by atoms with Crippen LogP contribution in [0.1, 0.15) is 18.1 Å². The summed E-state index contributed by atoms with van der Waals surface area (Å²) in [6.07, 6.45) is 1.34. The van der Waals surface area contributed by atoms with Crippen LogP contribution in [0, 0.1) is 6.92 Å². The van der Waals surface area contributed by atoms with Gasteiger partial charge in [0.1, 0.15) is 4.90 Å². The fourth-order valence-electron chi connectivity index (χ4n) is 3.37. The molecule has 3 aromatic rings. The molecule has 0 fully saturated rings. The first-order valence-corrected chi connectivity index (χ1v) is 12.3. The lowest BCUT2D eigenvalue weighted by Gasteiger charge is -2.30. The summed E-state index contributed by atoms with van der Waals surface area (Å²) >= 11 is 1.18. The van der Waals surface area contributed by atoms with E-state index in [1.54, 1.807) is 19.1 Å². The van der Waals surface area contributed by atoms with E-state index in [1.807, 2.05) is 43.3 Å². The molecule has 0 bridgehead atoms. The molecule has 0 unspecified atom stereocenters. The number of nitrogens with zero attached hydrogens (tertiary/aromatic N) is 3. The molecule has 1 aliphatic heterocycles. The fraction of sp³-hybridized carbons (Fsp3) is 0.227. The topological polar surface area (TPSA) is 92.3 Å². The van der Waals surface area contributed by atoms with Crippen molar-refractivity contribution in [3.8, 4) is 11.3 Å². The summed E-state index contributed by atoms with van der Waals surface area (Å²) in [7, 11) is -3.72. The van der Waals surface area contributed by atoms with E-state index in [-0.39, 0.29) is 16.6 Å². The van der Waals surface area contributed by atoms with Crippen molar-refractivity contribution in [3.63, 3.8) is 0 Å². The Morgan fingerprint density at radius 2 is 1.87 bits per heavy atom. The van der Waals surface area contributed by atoms with E-state index in [4.69, 9.17) is 0 Å². The molecule has 1 amide bonds. The lowest BCUT2D eigenvalue weighted by molar-refractivity contribution is -0.118. The number of anilines is 1. The molecule has 2 aromatic carbocycles. The molecule has 4 rings (SSSR count). The van der Waals surface area contributed by atoms with Crippen LogP contribution in [0.4, 0.5) is 5.69 Å². The third kappa shape index (κ3) is 4.28. The van der Waals surface area contributed by atoms with Gasteiger partial charge in [-0.05, 0) is 25.5 Å². The molecule has 0 spiro atoms. The van der Waals surface area contributed by atoms with E-state index in [0.29, 0.717) is 29.6 Å². The maximum absolute atomic E-state index is 13.0. The normalized spacial score (nSPS) is 13.9. The van der Waals surface area contributed by atoms with Gasteiger partial charge < -0.3 is 5.32 Å². The molecule has 1 N–H and O–H groups in total. The molecule has 1 aromatic heterocycles. The van der Waals surface area contributed by atoms with Crippen LogP contribution in [0.5, 0.6) is 0 Å². The Labute approximate surface area is 186 Å². The Morgan fingerprint density at radius 1 is 1.13 bits per heavy atom. The summed E-state index contributed by atoms with van der Waals surface area (Å²) in [5.41, 5.74) is 3.90. The Kier molecular flexibility index (Phi) is 5.97. The van der Waals surface area contributed by atoms with Crippen molar-refractivity contribution in [1.82, 2.24) is 15.3 Å². The van der Waals surface area contributed by atoms with Gasteiger partial charge in [0, 0.05) is 18.7 Å². The number of carbonyl (C=O) groups excluding carboxylic acids is 1. The van der Waals surface area contributed by atoms with Crippen molar-refractivity contribution >= 4 is 33.4 Å². The van der Waals surface area contributed by atoms with Crippen molar-refractivity contribution in [3.05, 3.63) is 65.9 Å². The average Bonchev–Trinajstić information content (AvgIpc) is 2.77. The number of para-hydroxylation sites is 1. The second kappa shape index (κ2) is 8.68. The van der Waals surface area contributed by atoms with Crippen LogP contribution in [0.2, 0.25) is 0 Å². The van der Waals surface area contributed by atoms with Gasteiger partial charge in [0.15, 0.2) is 5.16 Å². The predicted molar refractivity (Wildman–Crippen MR) is 121 cm³/mol. The van der Waals surface area contributed by atoms with E-state index in [0.717, 1.165) is 11.1 Å². The molecule has 7 nitrogen and oxygen atoms in total. The van der Waals surface area contributed by atoms with Crippen LogP contribution >= 0.6 is 11.8 Å². The van der Waals surface area contributed by atoms with E-state index in [1.165, 1.54) is 27.8 Å². The van der Waals surface area contributed by atoms with Crippen molar-refractivity contribution in [1.29, 1.82) is 0 Å². The summed E-state index contributed by atoms with van der Waals surface area (Å²) in [5, 5.41) is 3.24. The molecular weight excluding hydrogens is 432 g/mol. The number of hydrogen-bond donors (Lipinski definition) is 1. The molecule has 0 saturated carbocycles. The smallest absolute Gasteiger partial charge is 0.268 e. The maximum atomic E-state index is 13.0. The number of sulfonamides is 1. The first-order valence-electron chi connectivity index (χ1n) is 9.84. The first kappa shape index (κ1) is 21.3. The summed E-state index contributed by atoms with van der Waals surface area (Å²) in [6.45, 7) is 4.57. The number of thioether (sulfide) groups is 1. The largest absolute Gasteiger partial charge is 0.351 e. The van der Waals surface area contributed by atoms with Gasteiger partial charge in [-0.3, -0.25) is 9.10 Å². The molecule has 9 heteroatoms. The number of amides is 1. The van der Waals surface area contributed by atoms with Crippen molar-refractivity contribution < 1.29 is 13.2 Å². The zero-order valence-corrected chi connectivity index (χ0v) is 18.8. The summed E-state index contributed by atoms with van der Waals surface area (Å²) in [4.78, 5) is 21.0. The Bertz CT molecular complexity index is 1230. The standard InChI is InChI=1S/C22H22N4O3S2/c1-3-26-18-7-5-4-6-17(18)21-19(31(26,28)29)13-24-22(25-21)30-14-20(27)23-12-16-10-8-15(2)9-11-16/h4-11,13H,3,12,14H2,1-2H3,(H,23,27). The molecule has 0 radical (unpaired) electrons. The lowest BCUT2D eigenvalue weighted by Crippen LogP contribution is -2.34. The number of fused-ring (bicyclic) bond motifs is 3. The van der Waals surface area contributed by atoms with Crippen LogP contribution in [0.15, 0.2) is 64.8 Å². The molecule has 0 saturated heterocycles. The highest BCUT2D eigenvalue weighted by atomic mass is 32.2. The second-order valence-corrected chi connectivity index (χ2v) is 9.88. The van der Waals surface area contributed by atoms with E-state index < -0.39 is 10.0 Å². The lowest BCUT2D eigenvalue weighted by atomic mass is 10.1. The SMILES string of the molecule is CCN1c2ccccc2-c2nc(SCC(=O)NCc3ccc(C)cc3)ncc2S1(=O)=O. The summed E-state index contributed by atoms with van der Waals surface area (Å²) in [5.74, 6) is -0.00258. The number of benzene rings is 2. The first-order chi connectivity index (χ1) is 14.9. The molecule has 0 aliphatic carbocycles. The molecule has 31 heavy (non-hydrogen) atoms. The Balaban J connectivity index is 1.50. The van der Waals surface area contributed by atoms with E-state index >= 15 is 0 Å². The van der Waals surface area contributed by atoms with Gasteiger partial charge in [0.25, 0.3) is 10.0 Å². The zero-order valence-electron chi connectivity index (χ0n) is 17.2. The monoisotopic (exact) mass is 454 g/mol. The quantitative estimate of drug-likeness (QED) is 0.453. The summed E-state index contributed by atoms with van der Waals surface area (Å²) < 4.78 is 27.3. The third-order valence-electron chi connectivity index (χ3n) is 4.96. The third-order valence-corrected chi connectivity index (χ3v) is 7.71. The Morgan fingerprint density at radius 3 is 2.61 bits per heavy atom. The number of aryl methyl sites for hydroxylation is 1.